The minimum Gasteiger partial charge on any atom is -0.872 e. The Bertz CT molecular complexity index is 1060. The van der Waals surface area contributed by atoms with Crippen LogP contribution in [0, 0.1) is 0 Å². The van der Waals surface area contributed by atoms with E-state index in [2.05, 4.69) is 0 Å². The van der Waals surface area contributed by atoms with E-state index in [1.165, 1.54) is 9.80 Å². The highest BCUT2D eigenvalue weighted by Gasteiger charge is 2.44. The number of quaternary nitrogens is 1. The van der Waals surface area contributed by atoms with Crippen LogP contribution in [0.2, 0.25) is 5.02 Å². The molecule has 2 aliphatic rings. The van der Waals surface area contributed by atoms with Gasteiger partial charge in [0, 0.05) is 10.6 Å². The Morgan fingerprint density at radius 2 is 1.91 bits per heavy atom. The molecule has 1 N–H and O–H groups in total. The van der Waals surface area contributed by atoms with Gasteiger partial charge in [0.05, 0.1) is 39.0 Å². The van der Waals surface area contributed by atoms with Crippen LogP contribution in [0.5, 0.6) is 5.75 Å². The van der Waals surface area contributed by atoms with Gasteiger partial charge in [-0.05, 0) is 41.8 Å². The quantitative estimate of drug-likeness (QED) is 0.346. The van der Waals surface area contributed by atoms with Crippen molar-refractivity contribution in [3.8, 4) is 5.75 Å². The molecule has 1 amide bonds. The molecule has 2 heterocycles. The molecule has 2 aromatic rings. The lowest BCUT2D eigenvalue weighted by Gasteiger charge is -2.30. The average molecular weight is 485 g/mol. The van der Waals surface area contributed by atoms with Crippen molar-refractivity contribution in [1.82, 2.24) is 4.90 Å². The molecule has 180 valence electrons. The first-order valence-electron chi connectivity index (χ1n) is 11.7. The zero-order chi connectivity index (χ0) is 24.1. The van der Waals surface area contributed by atoms with E-state index in [0.717, 1.165) is 19.5 Å². The summed E-state index contributed by atoms with van der Waals surface area (Å²) in [6.07, 6.45) is 0.853. The predicted octanol–water partition coefficient (Wildman–Crippen LogP) is 1.27. The third-order valence-electron chi connectivity index (χ3n) is 6.19. The Labute approximate surface area is 204 Å². The van der Waals surface area contributed by atoms with E-state index in [4.69, 9.17) is 21.1 Å². The second kappa shape index (κ2) is 11.0. The standard InChI is InChI=1S/C26H29ClN2O5/c1-2-14-34-21-5-3-4-19(17-21)23-22(24(30)18-6-8-20(27)9-7-18)25(31)26(32)29(23)11-10-28-12-15-33-16-13-28/h3-9,17,23,30H,2,10-16H2,1H3. The van der Waals surface area contributed by atoms with Gasteiger partial charge in [-0.3, -0.25) is 9.59 Å². The van der Waals surface area contributed by atoms with Crippen molar-refractivity contribution in [2.75, 3.05) is 46.0 Å². The number of Topliss-reactive ketones (excluding diaryl/α,β-unsaturated/α-hetero) is 1. The number of amides is 1. The first-order chi connectivity index (χ1) is 16.5. The lowest BCUT2D eigenvalue weighted by Crippen LogP contribution is -3.14. The summed E-state index contributed by atoms with van der Waals surface area (Å²) in [4.78, 5) is 29.1. The number of carbonyl (C=O) groups excluding carboxylic acids is 2. The molecule has 1 atom stereocenters. The van der Waals surface area contributed by atoms with Crippen LogP contribution < -0.4 is 14.7 Å². The molecule has 1 unspecified atom stereocenters. The number of hydrogen-bond donors (Lipinski definition) is 1. The highest BCUT2D eigenvalue weighted by Crippen LogP contribution is 2.39. The van der Waals surface area contributed by atoms with Crippen molar-refractivity contribution in [3.63, 3.8) is 0 Å². The lowest BCUT2D eigenvalue weighted by atomic mass is 9.95. The molecule has 34 heavy (non-hydrogen) atoms. The summed E-state index contributed by atoms with van der Waals surface area (Å²) in [5.41, 5.74) is 0.976. The van der Waals surface area contributed by atoms with E-state index in [1.807, 2.05) is 31.2 Å². The van der Waals surface area contributed by atoms with Gasteiger partial charge in [0.15, 0.2) is 0 Å². The van der Waals surface area contributed by atoms with Crippen LogP contribution in [0.15, 0.2) is 54.1 Å². The fraction of sp³-hybridized carbons (Fsp3) is 0.385. The van der Waals surface area contributed by atoms with Gasteiger partial charge in [-0.25, -0.2) is 0 Å². The number of ether oxygens (including phenoxy) is 2. The summed E-state index contributed by atoms with van der Waals surface area (Å²) < 4.78 is 11.2. The van der Waals surface area contributed by atoms with Gasteiger partial charge in [0.1, 0.15) is 18.8 Å². The van der Waals surface area contributed by atoms with E-state index >= 15 is 0 Å². The number of morpholine rings is 1. The molecule has 2 fully saturated rings. The topological polar surface area (TPSA) is 83.3 Å². The van der Waals surface area contributed by atoms with Crippen LogP contribution in [0.1, 0.15) is 30.5 Å². The first kappa shape index (κ1) is 24.3. The van der Waals surface area contributed by atoms with Crippen LogP contribution in [0.4, 0.5) is 0 Å². The molecule has 7 nitrogen and oxygen atoms in total. The molecule has 2 aliphatic heterocycles. The number of carbonyl (C=O) groups is 2. The Morgan fingerprint density at radius 1 is 1.18 bits per heavy atom. The number of nitrogens with one attached hydrogen (secondary N) is 1. The lowest BCUT2D eigenvalue weighted by molar-refractivity contribution is -0.907. The van der Waals surface area contributed by atoms with Crippen molar-refractivity contribution in [1.29, 1.82) is 0 Å². The molecule has 0 saturated carbocycles. The molecule has 0 radical (unpaired) electrons. The number of benzene rings is 2. The Balaban J connectivity index is 1.73. The molecule has 2 saturated heterocycles. The third-order valence-corrected chi connectivity index (χ3v) is 6.44. The maximum absolute atomic E-state index is 13.5. The summed E-state index contributed by atoms with van der Waals surface area (Å²) in [7, 11) is 0. The average Bonchev–Trinajstić information content (AvgIpc) is 3.12. The molecule has 8 heteroatoms. The van der Waals surface area contributed by atoms with Crippen LogP contribution in [0.25, 0.3) is 5.76 Å². The minimum absolute atomic E-state index is 0.0306. The maximum Gasteiger partial charge on any atom is 0.295 e. The number of halogens is 1. The van der Waals surface area contributed by atoms with Crippen molar-refractivity contribution in [2.45, 2.75) is 19.4 Å². The summed E-state index contributed by atoms with van der Waals surface area (Å²) >= 11 is 5.98. The van der Waals surface area contributed by atoms with Crippen LogP contribution in [-0.4, -0.2) is 62.6 Å². The first-order valence-corrected chi connectivity index (χ1v) is 12.0. The van der Waals surface area contributed by atoms with E-state index < -0.39 is 23.5 Å². The van der Waals surface area contributed by atoms with Crippen LogP contribution in [-0.2, 0) is 14.3 Å². The minimum atomic E-state index is -0.770. The highest BCUT2D eigenvalue weighted by atomic mass is 35.5. The van der Waals surface area contributed by atoms with Gasteiger partial charge in [-0.2, -0.15) is 0 Å². The molecule has 4 rings (SSSR count). The van der Waals surface area contributed by atoms with E-state index in [9.17, 15) is 14.7 Å². The maximum atomic E-state index is 13.5. The fourth-order valence-electron chi connectivity index (χ4n) is 4.39. The number of likely N-dealkylation sites (tertiary alicyclic amines) is 1. The van der Waals surface area contributed by atoms with Gasteiger partial charge >= 0.3 is 0 Å². The van der Waals surface area contributed by atoms with Gasteiger partial charge < -0.3 is 24.4 Å². The fourth-order valence-corrected chi connectivity index (χ4v) is 4.51. The predicted molar refractivity (Wildman–Crippen MR) is 126 cm³/mol. The van der Waals surface area contributed by atoms with Crippen molar-refractivity contribution >= 4 is 29.1 Å². The van der Waals surface area contributed by atoms with Crippen LogP contribution >= 0.6 is 11.6 Å². The molecule has 0 bridgehead atoms. The third kappa shape index (κ3) is 5.27. The smallest absolute Gasteiger partial charge is 0.295 e. The summed E-state index contributed by atoms with van der Waals surface area (Å²) in [5.74, 6) is -1.21. The number of hydrogen-bond acceptors (Lipinski definition) is 5. The Kier molecular flexibility index (Phi) is 7.88. The van der Waals surface area contributed by atoms with E-state index in [1.54, 1.807) is 24.3 Å². The molecule has 2 aromatic carbocycles. The number of rotatable bonds is 8. The SMILES string of the molecule is CCCOc1cccc(C2C(=C([O-])c3ccc(Cl)cc3)C(=O)C(=O)N2CC[NH+]2CCOCC2)c1. The Morgan fingerprint density at radius 3 is 2.62 bits per heavy atom. The second-order valence-corrected chi connectivity index (χ2v) is 8.95. The highest BCUT2D eigenvalue weighted by molar-refractivity contribution is 6.46. The normalized spacial score (nSPS) is 20.6. The van der Waals surface area contributed by atoms with Gasteiger partial charge in [-0.1, -0.05) is 48.5 Å². The van der Waals surface area contributed by atoms with E-state index in [-0.39, 0.29) is 5.57 Å². The zero-order valence-electron chi connectivity index (χ0n) is 19.2. The van der Waals surface area contributed by atoms with E-state index in [0.29, 0.717) is 54.8 Å². The second-order valence-electron chi connectivity index (χ2n) is 8.51. The van der Waals surface area contributed by atoms with Crippen molar-refractivity contribution in [3.05, 3.63) is 70.3 Å². The number of ketones is 1. The summed E-state index contributed by atoms with van der Waals surface area (Å²) in [5, 5.41) is 14.0. The van der Waals surface area contributed by atoms with Crippen molar-refractivity contribution < 1.29 is 29.1 Å². The molecule has 0 aromatic heterocycles. The largest absolute Gasteiger partial charge is 0.872 e. The number of nitrogens with zero attached hydrogens (tertiary/aromatic N) is 1. The summed E-state index contributed by atoms with van der Waals surface area (Å²) in [6, 6.07) is 12.9. The monoisotopic (exact) mass is 484 g/mol. The molecule has 0 spiro atoms. The van der Waals surface area contributed by atoms with Crippen LogP contribution in [0.3, 0.4) is 0 Å². The molecule has 0 aliphatic carbocycles. The molecular formula is C26H29ClN2O5. The zero-order valence-corrected chi connectivity index (χ0v) is 20.0. The Hall–Kier alpha value is -2.87. The summed E-state index contributed by atoms with van der Waals surface area (Å²) in [6.45, 7) is 6.66. The van der Waals surface area contributed by atoms with Gasteiger partial charge in [0.25, 0.3) is 5.91 Å². The molecular weight excluding hydrogens is 456 g/mol. The van der Waals surface area contributed by atoms with Crippen molar-refractivity contribution in [2.24, 2.45) is 0 Å². The van der Waals surface area contributed by atoms with Gasteiger partial charge in [-0.15, -0.1) is 0 Å². The van der Waals surface area contributed by atoms with Gasteiger partial charge in [0.2, 0.25) is 5.78 Å².